The number of benzene rings is 1. The van der Waals surface area contributed by atoms with E-state index in [1.807, 2.05) is 6.92 Å². The zero-order chi connectivity index (χ0) is 14.8. The standard InChI is InChI=1S/C17H23N3/c1-12-11-15(17(2,3)4)20-16(19-12)14-7-5-13(6-8-14)9-10-18/h5-8,11H,9-10,18H2,1-4H3. The summed E-state index contributed by atoms with van der Waals surface area (Å²) in [5, 5.41) is 0. The molecule has 0 spiro atoms. The number of nitrogens with zero attached hydrogens (tertiary/aromatic N) is 2. The average Bonchev–Trinajstić information content (AvgIpc) is 2.38. The van der Waals surface area contributed by atoms with Gasteiger partial charge in [0.05, 0.1) is 5.69 Å². The number of nitrogens with two attached hydrogens (primary N) is 1. The summed E-state index contributed by atoms with van der Waals surface area (Å²) >= 11 is 0. The molecule has 0 amide bonds. The third-order valence-electron chi connectivity index (χ3n) is 3.27. The van der Waals surface area contributed by atoms with Gasteiger partial charge >= 0.3 is 0 Å². The van der Waals surface area contributed by atoms with Crippen molar-refractivity contribution in [2.75, 3.05) is 6.54 Å². The molecule has 0 fully saturated rings. The molecule has 3 nitrogen and oxygen atoms in total. The zero-order valence-corrected chi connectivity index (χ0v) is 12.8. The van der Waals surface area contributed by atoms with E-state index < -0.39 is 0 Å². The molecule has 2 rings (SSSR count). The highest BCUT2D eigenvalue weighted by molar-refractivity contribution is 5.56. The molecule has 0 saturated carbocycles. The molecule has 0 aliphatic heterocycles. The number of aryl methyl sites for hydroxylation is 1. The summed E-state index contributed by atoms with van der Waals surface area (Å²) in [6, 6.07) is 10.4. The van der Waals surface area contributed by atoms with Crippen LogP contribution >= 0.6 is 0 Å². The van der Waals surface area contributed by atoms with Crippen molar-refractivity contribution < 1.29 is 0 Å². The van der Waals surface area contributed by atoms with E-state index in [1.165, 1.54) is 5.56 Å². The van der Waals surface area contributed by atoms with Crippen LogP contribution in [0.5, 0.6) is 0 Å². The minimum absolute atomic E-state index is 0.0297. The van der Waals surface area contributed by atoms with Crippen LogP contribution in [0, 0.1) is 6.92 Å². The second-order valence-electron chi connectivity index (χ2n) is 6.20. The van der Waals surface area contributed by atoms with E-state index in [9.17, 15) is 0 Å². The summed E-state index contributed by atoms with van der Waals surface area (Å²) in [6.07, 6.45) is 0.905. The van der Waals surface area contributed by atoms with Crippen LogP contribution in [0.25, 0.3) is 11.4 Å². The van der Waals surface area contributed by atoms with Gasteiger partial charge in [-0.05, 0) is 31.5 Å². The van der Waals surface area contributed by atoms with Crippen LogP contribution in [0.2, 0.25) is 0 Å². The van der Waals surface area contributed by atoms with Crippen molar-refractivity contribution in [1.82, 2.24) is 9.97 Å². The molecule has 0 aliphatic rings. The Hall–Kier alpha value is -1.74. The maximum Gasteiger partial charge on any atom is 0.159 e. The van der Waals surface area contributed by atoms with Gasteiger partial charge in [-0.15, -0.1) is 0 Å². The molecular weight excluding hydrogens is 246 g/mol. The molecule has 0 aliphatic carbocycles. The summed E-state index contributed by atoms with van der Waals surface area (Å²) in [5.41, 5.74) is 9.99. The number of rotatable bonds is 3. The van der Waals surface area contributed by atoms with Gasteiger partial charge in [-0.3, -0.25) is 0 Å². The minimum Gasteiger partial charge on any atom is -0.330 e. The van der Waals surface area contributed by atoms with Crippen LogP contribution in [0.1, 0.15) is 37.7 Å². The van der Waals surface area contributed by atoms with Gasteiger partial charge < -0.3 is 5.73 Å². The lowest BCUT2D eigenvalue weighted by Gasteiger charge is -2.19. The lowest BCUT2D eigenvalue weighted by atomic mass is 9.91. The summed E-state index contributed by atoms with van der Waals surface area (Å²) in [7, 11) is 0. The van der Waals surface area contributed by atoms with E-state index in [1.54, 1.807) is 0 Å². The first-order chi connectivity index (χ1) is 9.40. The van der Waals surface area contributed by atoms with E-state index in [2.05, 4.69) is 56.1 Å². The Kier molecular flexibility index (Phi) is 4.19. The fourth-order valence-electron chi connectivity index (χ4n) is 2.07. The first kappa shape index (κ1) is 14.7. The third kappa shape index (κ3) is 3.42. The zero-order valence-electron chi connectivity index (χ0n) is 12.8. The third-order valence-corrected chi connectivity index (χ3v) is 3.27. The summed E-state index contributed by atoms with van der Waals surface area (Å²) in [6.45, 7) is 9.20. The van der Waals surface area contributed by atoms with Crippen molar-refractivity contribution in [2.24, 2.45) is 5.73 Å². The van der Waals surface area contributed by atoms with E-state index in [4.69, 9.17) is 10.7 Å². The Bertz CT molecular complexity index is 580. The monoisotopic (exact) mass is 269 g/mol. The molecule has 2 aromatic rings. The Morgan fingerprint density at radius 3 is 2.25 bits per heavy atom. The predicted octanol–water partition coefficient (Wildman–Crippen LogP) is 3.25. The van der Waals surface area contributed by atoms with Gasteiger partial charge in [0.2, 0.25) is 0 Å². The van der Waals surface area contributed by atoms with Crippen molar-refractivity contribution in [3.05, 3.63) is 47.3 Å². The van der Waals surface area contributed by atoms with Gasteiger partial charge in [0.15, 0.2) is 5.82 Å². The van der Waals surface area contributed by atoms with Gasteiger partial charge in [-0.25, -0.2) is 9.97 Å². The van der Waals surface area contributed by atoms with E-state index in [0.717, 1.165) is 29.2 Å². The Morgan fingerprint density at radius 2 is 1.70 bits per heavy atom. The Labute approximate surface area is 121 Å². The van der Waals surface area contributed by atoms with Crippen molar-refractivity contribution in [2.45, 2.75) is 39.5 Å². The van der Waals surface area contributed by atoms with E-state index in [0.29, 0.717) is 6.54 Å². The fraction of sp³-hybridized carbons (Fsp3) is 0.412. The topological polar surface area (TPSA) is 51.8 Å². The number of aromatic nitrogens is 2. The van der Waals surface area contributed by atoms with Gasteiger partial charge in [0.25, 0.3) is 0 Å². The Balaban J connectivity index is 2.39. The Morgan fingerprint density at radius 1 is 1.05 bits per heavy atom. The molecule has 106 valence electrons. The lowest BCUT2D eigenvalue weighted by molar-refractivity contribution is 0.567. The smallest absolute Gasteiger partial charge is 0.159 e. The summed E-state index contributed by atoms with van der Waals surface area (Å²) in [4.78, 5) is 9.27. The molecule has 0 saturated heterocycles. The number of hydrogen-bond acceptors (Lipinski definition) is 3. The predicted molar refractivity (Wildman–Crippen MR) is 83.7 cm³/mol. The van der Waals surface area contributed by atoms with Gasteiger partial charge in [0, 0.05) is 16.7 Å². The lowest BCUT2D eigenvalue weighted by Crippen LogP contribution is -2.15. The highest BCUT2D eigenvalue weighted by atomic mass is 14.9. The molecule has 1 aromatic carbocycles. The van der Waals surface area contributed by atoms with Crippen molar-refractivity contribution in [3.63, 3.8) is 0 Å². The molecule has 3 heteroatoms. The van der Waals surface area contributed by atoms with Crippen LogP contribution in [0.4, 0.5) is 0 Å². The van der Waals surface area contributed by atoms with Crippen LogP contribution in [0.3, 0.4) is 0 Å². The first-order valence-electron chi connectivity index (χ1n) is 7.05. The van der Waals surface area contributed by atoms with Crippen molar-refractivity contribution >= 4 is 0 Å². The maximum absolute atomic E-state index is 5.57. The maximum atomic E-state index is 5.57. The largest absolute Gasteiger partial charge is 0.330 e. The molecule has 1 heterocycles. The van der Waals surface area contributed by atoms with E-state index >= 15 is 0 Å². The van der Waals surface area contributed by atoms with Crippen molar-refractivity contribution in [1.29, 1.82) is 0 Å². The molecule has 0 bridgehead atoms. The number of hydrogen-bond donors (Lipinski definition) is 1. The van der Waals surface area contributed by atoms with Crippen molar-refractivity contribution in [3.8, 4) is 11.4 Å². The highest BCUT2D eigenvalue weighted by Crippen LogP contribution is 2.24. The quantitative estimate of drug-likeness (QED) is 0.930. The van der Waals surface area contributed by atoms with E-state index in [-0.39, 0.29) is 5.41 Å². The minimum atomic E-state index is 0.0297. The van der Waals surface area contributed by atoms with Crippen LogP contribution in [-0.2, 0) is 11.8 Å². The fourth-order valence-corrected chi connectivity index (χ4v) is 2.07. The molecule has 20 heavy (non-hydrogen) atoms. The van der Waals surface area contributed by atoms with Crippen LogP contribution in [-0.4, -0.2) is 16.5 Å². The van der Waals surface area contributed by atoms with Gasteiger partial charge in [-0.1, -0.05) is 45.0 Å². The van der Waals surface area contributed by atoms with Gasteiger partial charge in [0.1, 0.15) is 0 Å². The SMILES string of the molecule is Cc1cc(C(C)(C)C)nc(-c2ccc(CCN)cc2)n1. The second kappa shape index (κ2) is 5.71. The molecular formula is C17H23N3. The summed E-state index contributed by atoms with van der Waals surface area (Å²) in [5.74, 6) is 0.800. The molecule has 0 radical (unpaired) electrons. The first-order valence-corrected chi connectivity index (χ1v) is 7.05. The van der Waals surface area contributed by atoms with Crippen LogP contribution < -0.4 is 5.73 Å². The highest BCUT2D eigenvalue weighted by Gasteiger charge is 2.17. The summed E-state index contributed by atoms with van der Waals surface area (Å²) < 4.78 is 0. The molecule has 0 unspecified atom stereocenters. The average molecular weight is 269 g/mol. The molecule has 1 aromatic heterocycles. The molecule has 0 atom stereocenters. The van der Waals surface area contributed by atoms with Gasteiger partial charge in [-0.2, -0.15) is 0 Å². The van der Waals surface area contributed by atoms with Crippen LogP contribution in [0.15, 0.2) is 30.3 Å². The second-order valence-corrected chi connectivity index (χ2v) is 6.20. The molecule has 2 N–H and O–H groups in total. The normalized spacial score (nSPS) is 11.7.